The van der Waals surface area contributed by atoms with Gasteiger partial charge in [0.2, 0.25) is 10.0 Å². The molecule has 1 fully saturated rings. The molecule has 1 aliphatic rings. The molecule has 0 spiro atoms. The average molecular weight is 448 g/mol. The molecular formula is C18H20F4N4O3S. The monoisotopic (exact) mass is 448 g/mol. The Balaban J connectivity index is 1.79. The molecule has 0 unspecified atom stereocenters. The van der Waals surface area contributed by atoms with E-state index in [0.29, 0.717) is 43.3 Å². The van der Waals surface area contributed by atoms with Crippen LogP contribution in [0.4, 0.5) is 23.4 Å². The summed E-state index contributed by atoms with van der Waals surface area (Å²) < 4.78 is 80.0. The SMILES string of the molecule is Cc1nc(-c2ccc(OC(F)(F)F)c(F)c2)cc(N2CCC(NS(C)(=O)=O)CC2)n1. The molecule has 2 heterocycles. The highest BCUT2D eigenvalue weighted by Gasteiger charge is 2.32. The smallest absolute Gasteiger partial charge is 0.403 e. The molecule has 1 saturated heterocycles. The van der Waals surface area contributed by atoms with Crippen LogP contribution in [0.15, 0.2) is 24.3 Å². The van der Waals surface area contributed by atoms with Gasteiger partial charge >= 0.3 is 6.36 Å². The number of hydrogen-bond acceptors (Lipinski definition) is 6. The van der Waals surface area contributed by atoms with E-state index in [0.717, 1.165) is 18.4 Å². The van der Waals surface area contributed by atoms with E-state index in [4.69, 9.17) is 0 Å². The number of rotatable bonds is 5. The lowest BCUT2D eigenvalue weighted by molar-refractivity contribution is -0.275. The van der Waals surface area contributed by atoms with Crippen molar-refractivity contribution >= 4 is 15.8 Å². The first-order valence-corrected chi connectivity index (χ1v) is 10.9. The maximum absolute atomic E-state index is 14.1. The number of aromatic nitrogens is 2. The molecule has 0 saturated carbocycles. The zero-order chi connectivity index (χ0) is 22.1. The van der Waals surface area contributed by atoms with Crippen LogP contribution in [-0.4, -0.2) is 50.1 Å². The van der Waals surface area contributed by atoms with E-state index in [1.54, 1.807) is 13.0 Å². The van der Waals surface area contributed by atoms with Gasteiger partial charge in [-0.25, -0.2) is 27.5 Å². The quantitative estimate of drug-likeness (QED) is 0.708. The minimum atomic E-state index is -4.99. The number of halogens is 4. The van der Waals surface area contributed by atoms with Gasteiger partial charge in [0.15, 0.2) is 11.6 Å². The molecule has 1 N–H and O–H groups in total. The Labute approximate surface area is 171 Å². The summed E-state index contributed by atoms with van der Waals surface area (Å²) in [5.41, 5.74) is 0.633. The van der Waals surface area contributed by atoms with E-state index in [1.165, 1.54) is 6.07 Å². The first kappa shape index (κ1) is 22.2. The Hall–Kier alpha value is -2.47. The largest absolute Gasteiger partial charge is 0.573 e. The van der Waals surface area contributed by atoms with Crippen LogP contribution in [0.5, 0.6) is 5.75 Å². The maximum atomic E-state index is 14.1. The van der Waals surface area contributed by atoms with Crippen molar-refractivity contribution in [2.75, 3.05) is 24.2 Å². The molecule has 0 bridgehead atoms. The summed E-state index contributed by atoms with van der Waals surface area (Å²) in [7, 11) is -3.28. The number of anilines is 1. The predicted molar refractivity (Wildman–Crippen MR) is 102 cm³/mol. The van der Waals surface area contributed by atoms with Crippen molar-refractivity contribution in [3.63, 3.8) is 0 Å². The second kappa shape index (κ2) is 8.34. The van der Waals surface area contributed by atoms with Gasteiger partial charge in [-0.15, -0.1) is 13.2 Å². The van der Waals surface area contributed by atoms with E-state index >= 15 is 0 Å². The number of sulfonamides is 1. The minimum Gasteiger partial charge on any atom is -0.403 e. The van der Waals surface area contributed by atoms with Crippen molar-refractivity contribution in [3.8, 4) is 17.0 Å². The van der Waals surface area contributed by atoms with Crippen molar-refractivity contribution in [2.24, 2.45) is 0 Å². The van der Waals surface area contributed by atoms with Crippen LogP contribution in [0.3, 0.4) is 0 Å². The summed E-state index contributed by atoms with van der Waals surface area (Å²) in [6.07, 6.45) is -2.70. The van der Waals surface area contributed by atoms with Gasteiger partial charge in [0.25, 0.3) is 0 Å². The number of hydrogen-bond donors (Lipinski definition) is 1. The molecule has 30 heavy (non-hydrogen) atoms. The van der Waals surface area contributed by atoms with Gasteiger partial charge in [-0.3, -0.25) is 0 Å². The molecule has 0 atom stereocenters. The molecule has 3 rings (SSSR count). The Kier molecular flexibility index (Phi) is 6.18. The Morgan fingerprint density at radius 2 is 1.83 bits per heavy atom. The molecule has 1 aromatic carbocycles. The summed E-state index contributed by atoms with van der Waals surface area (Å²) >= 11 is 0. The summed E-state index contributed by atoms with van der Waals surface area (Å²) in [4.78, 5) is 10.6. The van der Waals surface area contributed by atoms with Crippen LogP contribution in [0.1, 0.15) is 18.7 Å². The van der Waals surface area contributed by atoms with Gasteiger partial charge in [-0.05, 0) is 38.0 Å². The lowest BCUT2D eigenvalue weighted by Crippen LogP contribution is -2.44. The van der Waals surface area contributed by atoms with E-state index in [-0.39, 0.29) is 11.6 Å². The van der Waals surface area contributed by atoms with Gasteiger partial charge in [0, 0.05) is 30.8 Å². The molecule has 0 radical (unpaired) electrons. The van der Waals surface area contributed by atoms with Crippen molar-refractivity contribution in [1.82, 2.24) is 14.7 Å². The summed E-state index contributed by atoms with van der Waals surface area (Å²) in [6, 6.07) is 4.58. The normalized spacial score (nSPS) is 16.0. The molecule has 0 amide bonds. The van der Waals surface area contributed by atoms with Crippen molar-refractivity contribution in [1.29, 1.82) is 0 Å². The first-order valence-electron chi connectivity index (χ1n) is 9.03. The number of nitrogens with one attached hydrogen (secondary N) is 1. The van der Waals surface area contributed by atoms with Gasteiger partial charge < -0.3 is 9.64 Å². The number of ether oxygens (including phenoxy) is 1. The maximum Gasteiger partial charge on any atom is 0.573 e. The number of alkyl halides is 3. The fourth-order valence-electron chi connectivity index (χ4n) is 3.26. The van der Waals surface area contributed by atoms with Crippen molar-refractivity contribution in [3.05, 3.63) is 35.9 Å². The van der Waals surface area contributed by atoms with Crippen LogP contribution < -0.4 is 14.4 Å². The fraction of sp³-hybridized carbons (Fsp3) is 0.444. The Bertz CT molecular complexity index is 1020. The van der Waals surface area contributed by atoms with Crippen LogP contribution in [0.25, 0.3) is 11.3 Å². The lowest BCUT2D eigenvalue weighted by Gasteiger charge is -2.33. The summed E-state index contributed by atoms with van der Waals surface area (Å²) in [6.45, 7) is 2.76. The van der Waals surface area contributed by atoms with Crippen LogP contribution in [-0.2, 0) is 10.0 Å². The minimum absolute atomic E-state index is 0.158. The summed E-state index contributed by atoms with van der Waals surface area (Å²) in [5.74, 6) is -1.09. The predicted octanol–water partition coefficient (Wildman–Crippen LogP) is 3.01. The molecule has 164 valence electrons. The summed E-state index contributed by atoms with van der Waals surface area (Å²) in [5, 5.41) is 0. The standard InChI is InChI=1S/C18H20F4N4O3S/c1-11-23-15(12-3-4-16(14(19)9-12)29-18(20,21)22)10-17(24-11)26-7-5-13(6-8-26)25-30(2,27)28/h3-4,9-10,13,25H,5-8H2,1-2H3. The number of piperidine rings is 1. The van der Waals surface area contributed by atoms with Crippen LogP contribution in [0.2, 0.25) is 0 Å². The van der Waals surface area contributed by atoms with E-state index in [1.807, 2.05) is 4.90 Å². The lowest BCUT2D eigenvalue weighted by atomic mass is 10.1. The topological polar surface area (TPSA) is 84.4 Å². The van der Waals surface area contributed by atoms with E-state index in [9.17, 15) is 26.0 Å². The fourth-order valence-corrected chi connectivity index (χ4v) is 4.10. The second-order valence-corrected chi connectivity index (χ2v) is 8.78. The van der Waals surface area contributed by atoms with Gasteiger partial charge in [0.1, 0.15) is 11.6 Å². The van der Waals surface area contributed by atoms with Gasteiger partial charge in [-0.1, -0.05) is 0 Å². The van der Waals surface area contributed by atoms with Crippen molar-refractivity contribution < 1.29 is 30.7 Å². The highest BCUT2D eigenvalue weighted by molar-refractivity contribution is 7.88. The average Bonchev–Trinajstić information content (AvgIpc) is 2.61. The molecular weight excluding hydrogens is 428 g/mol. The first-order chi connectivity index (χ1) is 13.9. The molecule has 7 nitrogen and oxygen atoms in total. The third kappa shape index (κ3) is 6.02. The number of nitrogens with zero attached hydrogens (tertiary/aromatic N) is 3. The van der Waals surface area contributed by atoms with E-state index < -0.39 is 28.0 Å². The van der Waals surface area contributed by atoms with Crippen LogP contribution >= 0.6 is 0 Å². The Morgan fingerprint density at radius 1 is 1.17 bits per heavy atom. The van der Waals surface area contributed by atoms with Crippen molar-refractivity contribution in [2.45, 2.75) is 32.2 Å². The molecule has 0 aliphatic carbocycles. The highest BCUT2D eigenvalue weighted by Crippen LogP contribution is 2.30. The molecule has 1 aromatic heterocycles. The number of aryl methyl sites for hydroxylation is 1. The third-order valence-electron chi connectivity index (χ3n) is 4.48. The Morgan fingerprint density at radius 3 is 2.40 bits per heavy atom. The third-order valence-corrected chi connectivity index (χ3v) is 5.24. The zero-order valence-electron chi connectivity index (χ0n) is 16.2. The van der Waals surface area contributed by atoms with E-state index in [2.05, 4.69) is 19.4 Å². The van der Waals surface area contributed by atoms with Gasteiger partial charge in [-0.2, -0.15) is 0 Å². The second-order valence-electron chi connectivity index (χ2n) is 7.00. The number of benzene rings is 1. The highest BCUT2D eigenvalue weighted by atomic mass is 32.2. The zero-order valence-corrected chi connectivity index (χ0v) is 17.0. The molecule has 2 aromatic rings. The molecule has 12 heteroatoms. The van der Waals surface area contributed by atoms with Gasteiger partial charge in [0.05, 0.1) is 11.9 Å². The van der Waals surface area contributed by atoms with Crippen LogP contribution in [0, 0.1) is 12.7 Å². The molecule has 1 aliphatic heterocycles.